The van der Waals surface area contributed by atoms with Crippen molar-refractivity contribution < 1.29 is 9.59 Å². The predicted molar refractivity (Wildman–Crippen MR) is 115 cm³/mol. The molecular formula is C22H20N4O2S. The fourth-order valence-electron chi connectivity index (χ4n) is 3.32. The summed E-state index contributed by atoms with van der Waals surface area (Å²) in [7, 11) is 0. The molecule has 0 aliphatic carbocycles. The fraction of sp³-hybridized carbons (Fsp3) is 0.136. The van der Waals surface area contributed by atoms with Gasteiger partial charge in [0.15, 0.2) is 0 Å². The summed E-state index contributed by atoms with van der Waals surface area (Å²) in [6.07, 6.45) is 0.169. The third kappa shape index (κ3) is 4.05. The number of nitrogens with zero attached hydrogens (tertiary/aromatic N) is 2. The molecule has 29 heavy (non-hydrogen) atoms. The average molecular weight is 404 g/mol. The van der Waals surface area contributed by atoms with Gasteiger partial charge in [-0.15, -0.1) is 11.3 Å². The number of hydrogen-bond acceptors (Lipinski definition) is 5. The maximum atomic E-state index is 13.1. The van der Waals surface area contributed by atoms with Gasteiger partial charge in [0.1, 0.15) is 11.8 Å². The Morgan fingerprint density at radius 1 is 1.03 bits per heavy atom. The second-order valence-corrected chi connectivity index (χ2v) is 7.66. The minimum Gasteiger partial charge on any atom is -0.368 e. The fourth-order valence-corrected chi connectivity index (χ4v) is 4.12. The standard InChI is InChI=1S/C22H20N4O2S/c23-21(27)18-14-17(25-26(18)16-10-5-2-6-11-16)22(28)24-20(19-12-7-13-29-19)15-8-3-1-4-9-15/h1-13,18,20H,14H2,(H2,23,27)(H,24,28). The third-order valence-electron chi connectivity index (χ3n) is 4.76. The molecule has 146 valence electrons. The predicted octanol–water partition coefficient (Wildman–Crippen LogP) is 3.07. The van der Waals surface area contributed by atoms with Gasteiger partial charge in [-0.2, -0.15) is 5.10 Å². The SMILES string of the molecule is NC(=O)C1CC(C(=O)NC(c2ccccc2)c2cccs2)=NN1c1ccccc1. The van der Waals surface area contributed by atoms with Gasteiger partial charge in [-0.3, -0.25) is 14.6 Å². The van der Waals surface area contributed by atoms with Crippen LogP contribution in [-0.4, -0.2) is 23.6 Å². The van der Waals surface area contributed by atoms with Gasteiger partial charge in [-0.05, 0) is 29.1 Å². The molecule has 7 heteroatoms. The first-order valence-electron chi connectivity index (χ1n) is 9.24. The van der Waals surface area contributed by atoms with Crippen molar-refractivity contribution in [2.75, 3.05) is 5.01 Å². The zero-order chi connectivity index (χ0) is 20.2. The molecule has 2 unspecified atom stereocenters. The summed E-state index contributed by atoms with van der Waals surface area (Å²) in [6.45, 7) is 0. The summed E-state index contributed by atoms with van der Waals surface area (Å²) >= 11 is 1.57. The van der Waals surface area contributed by atoms with Gasteiger partial charge in [0.2, 0.25) is 5.91 Å². The van der Waals surface area contributed by atoms with Gasteiger partial charge in [-0.25, -0.2) is 0 Å². The highest BCUT2D eigenvalue weighted by Gasteiger charge is 2.35. The van der Waals surface area contributed by atoms with E-state index >= 15 is 0 Å². The van der Waals surface area contributed by atoms with Crippen LogP contribution in [0.25, 0.3) is 0 Å². The Balaban J connectivity index is 1.60. The number of benzene rings is 2. The van der Waals surface area contributed by atoms with Gasteiger partial charge < -0.3 is 11.1 Å². The van der Waals surface area contributed by atoms with Crippen LogP contribution in [0.2, 0.25) is 0 Å². The molecule has 0 saturated carbocycles. The van der Waals surface area contributed by atoms with Gasteiger partial charge in [0, 0.05) is 11.3 Å². The highest BCUT2D eigenvalue weighted by atomic mass is 32.1. The first-order chi connectivity index (χ1) is 14.1. The number of amides is 2. The molecule has 6 nitrogen and oxygen atoms in total. The Morgan fingerprint density at radius 2 is 1.72 bits per heavy atom. The van der Waals surface area contributed by atoms with Crippen molar-refractivity contribution in [3.63, 3.8) is 0 Å². The molecule has 2 atom stereocenters. The molecule has 0 fully saturated rings. The van der Waals surface area contributed by atoms with Crippen LogP contribution < -0.4 is 16.1 Å². The number of nitrogens with one attached hydrogen (secondary N) is 1. The molecule has 1 aliphatic rings. The van der Waals surface area contributed by atoms with Gasteiger partial charge in [-0.1, -0.05) is 54.6 Å². The first kappa shape index (κ1) is 18.9. The van der Waals surface area contributed by atoms with Crippen molar-refractivity contribution in [1.29, 1.82) is 0 Å². The lowest BCUT2D eigenvalue weighted by Crippen LogP contribution is -2.40. The molecule has 3 N–H and O–H groups in total. The second kappa shape index (κ2) is 8.28. The summed E-state index contributed by atoms with van der Waals surface area (Å²) in [5.41, 5.74) is 7.56. The molecule has 0 radical (unpaired) electrons. The van der Waals surface area contributed by atoms with Gasteiger partial charge in [0.05, 0.1) is 11.7 Å². The first-order valence-corrected chi connectivity index (χ1v) is 10.1. The molecule has 4 rings (SSSR count). The maximum Gasteiger partial charge on any atom is 0.268 e. The average Bonchev–Trinajstić information content (AvgIpc) is 3.43. The van der Waals surface area contributed by atoms with E-state index in [1.165, 1.54) is 5.01 Å². The number of thiophene rings is 1. The van der Waals surface area contributed by atoms with E-state index < -0.39 is 11.9 Å². The topological polar surface area (TPSA) is 87.8 Å². The number of rotatable bonds is 6. The van der Waals surface area contributed by atoms with Gasteiger partial charge in [0.25, 0.3) is 5.91 Å². The molecular weight excluding hydrogens is 384 g/mol. The quantitative estimate of drug-likeness (QED) is 0.662. The van der Waals surface area contributed by atoms with Crippen molar-refractivity contribution in [2.45, 2.75) is 18.5 Å². The highest BCUT2D eigenvalue weighted by Crippen LogP contribution is 2.28. The van der Waals surface area contributed by atoms with Crippen LogP contribution in [0.4, 0.5) is 5.69 Å². The minimum atomic E-state index is -0.685. The lowest BCUT2D eigenvalue weighted by molar-refractivity contribution is -0.119. The molecule has 2 heterocycles. The van der Waals surface area contributed by atoms with Crippen molar-refractivity contribution in [3.05, 3.63) is 88.6 Å². The Kier molecular flexibility index (Phi) is 5.39. The molecule has 0 spiro atoms. The number of carbonyl (C=O) groups excluding carboxylic acids is 2. The smallest absolute Gasteiger partial charge is 0.268 e. The van der Waals surface area contributed by atoms with E-state index in [1.807, 2.05) is 78.2 Å². The highest BCUT2D eigenvalue weighted by molar-refractivity contribution is 7.10. The Morgan fingerprint density at radius 3 is 2.34 bits per heavy atom. The summed E-state index contributed by atoms with van der Waals surface area (Å²) in [4.78, 5) is 26.0. The Hall–Kier alpha value is -3.45. The normalized spacial score (nSPS) is 16.9. The molecule has 0 bridgehead atoms. The number of hydrogen-bond donors (Lipinski definition) is 2. The van der Waals surface area contributed by atoms with Crippen LogP contribution in [0.1, 0.15) is 22.9 Å². The van der Waals surface area contributed by atoms with Crippen LogP contribution in [0.3, 0.4) is 0 Å². The summed E-state index contributed by atoms with van der Waals surface area (Å²) < 4.78 is 0. The summed E-state index contributed by atoms with van der Waals surface area (Å²) in [5.74, 6) is -0.824. The van der Waals surface area contributed by atoms with Crippen LogP contribution in [0.5, 0.6) is 0 Å². The summed E-state index contributed by atoms with van der Waals surface area (Å²) in [6, 6.07) is 22.0. The third-order valence-corrected chi connectivity index (χ3v) is 5.69. The van der Waals surface area contributed by atoms with Crippen molar-refractivity contribution in [2.24, 2.45) is 10.8 Å². The van der Waals surface area contributed by atoms with E-state index in [-0.39, 0.29) is 24.1 Å². The van der Waals surface area contributed by atoms with Gasteiger partial charge >= 0.3 is 0 Å². The monoisotopic (exact) mass is 404 g/mol. The van der Waals surface area contributed by atoms with Crippen LogP contribution in [0.15, 0.2) is 83.3 Å². The molecule has 2 aromatic carbocycles. The van der Waals surface area contributed by atoms with E-state index in [2.05, 4.69) is 10.4 Å². The lowest BCUT2D eigenvalue weighted by atomic mass is 10.0. The largest absolute Gasteiger partial charge is 0.368 e. The lowest BCUT2D eigenvalue weighted by Gasteiger charge is -2.20. The number of hydrazone groups is 1. The van der Waals surface area contributed by atoms with E-state index in [0.29, 0.717) is 0 Å². The second-order valence-electron chi connectivity index (χ2n) is 6.68. The number of primary amides is 1. The Labute approximate surface area is 172 Å². The zero-order valence-electron chi connectivity index (χ0n) is 15.6. The van der Waals surface area contributed by atoms with E-state index in [9.17, 15) is 9.59 Å². The number of anilines is 1. The molecule has 3 aromatic rings. The summed E-state index contributed by atoms with van der Waals surface area (Å²) in [5, 5.41) is 11.0. The van der Waals surface area contributed by atoms with Crippen molar-refractivity contribution in [1.82, 2.24) is 5.32 Å². The molecule has 1 aliphatic heterocycles. The zero-order valence-corrected chi connectivity index (χ0v) is 16.4. The molecule has 0 saturated heterocycles. The van der Waals surface area contributed by atoms with Crippen molar-refractivity contribution in [3.8, 4) is 0 Å². The van der Waals surface area contributed by atoms with E-state index in [4.69, 9.17) is 5.73 Å². The van der Waals surface area contributed by atoms with Crippen molar-refractivity contribution >= 4 is 34.6 Å². The van der Waals surface area contributed by atoms with E-state index in [1.54, 1.807) is 11.3 Å². The van der Waals surface area contributed by atoms with Crippen LogP contribution in [0, 0.1) is 0 Å². The Bertz CT molecular complexity index is 1020. The number of para-hydroxylation sites is 1. The van der Waals surface area contributed by atoms with E-state index in [0.717, 1.165) is 16.1 Å². The molecule has 2 amide bonds. The molecule has 1 aromatic heterocycles. The van der Waals surface area contributed by atoms with Crippen LogP contribution >= 0.6 is 11.3 Å². The number of nitrogens with two attached hydrogens (primary N) is 1. The number of carbonyl (C=O) groups is 2. The minimum absolute atomic E-state index is 0.169. The maximum absolute atomic E-state index is 13.1. The van der Waals surface area contributed by atoms with Crippen LogP contribution in [-0.2, 0) is 9.59 Å².